The molecule has 1 N–H and O–H groups in total. The molecule has 1 heterocycles. The van der Waals surface area contributed by atoms with Crippen molar-refractivity contribution < 1.29 is 14.3 Å². The fourth-order valence-corrected chi connectivity index (χ4v) is 3.34. The molecule has 0 aliphatic carbocycles. The molecule has 0 saturated carbocycles. The van der Waals surface area contributed by atoms with Gasteiger partial charge in [-0.05, 0) is 73.1 Å². The molecule has 2 aromatic rings. The van der Waals surface area contributed by atoms with E-state index in [4.69, 9.17) is 4.74 Å². The molecule has 0 spiro atoms. The van der Waals surface area contributed by atoms with E-state index >= 15 is 0 Å². The second kappa shape index (κ2) is 6.57. The van der Waals surface area contributed by atoms with E-state index in [1.54, 1.807) is 25.3 Å². The molecule has 0 radical (unpaired) electrons. The number of aryl methyl sites for hydroxylation is 2. The fraction of sp³-hybridized carbons (Fsp3) is 0.222. The Balaban J connectivity index is 1.79. The van der Waals surface area contributed by atoms with Crippen molar-refractivity contribution in [3.05, 3.63) is 53.6 Å². The van der Waals surface area contributed by atoms with Crippen LogP contribution in [-0.4, -0.2) is 23.6 Å². The molecule has 1 atom stereocenters. The highest BCUT2D eigenvalue weighted by Gasteiger charge is 2.40. The maximum atomic E-state index is 12.6. The van der Waals surface area contributed by atoms with Crippen LogP contribution in [0.4, 0.5) is 16.2 Å². The summed E-state index contributed by atoms with van der Waals surface area (Å²) in [5, 5.41) is 2.19. The van der Waals surface area contributed by atoms with Gasteiger partial charge in [-0.25, -0.2) is 4.90 Å². The Bertz CT molecular complexity index is 789. The van der Waals surface area contributed by atoms with Gasteiger partial charge in [0.25, 0.3) is 11.1 Å². The highest BCUT2D eigenvalue weighted by atomic mass is 32.2. The van der Waals surface area contributed by atoms with Gasteiger partial charge in [0.2, 0.25) is 0 Å². The molecule has 5 nitrogen and oxygen atoms in total. The third kappa shape index (κ3) is 3.10. The zero-order valence-corrected chi connectivity index (χ0v) is 14.5. The summed E-state index contributed by atoms with van der Waals surface area (Å²) in [7, 11) is 1.60. The van der Waals surface area contributed by atoms with Crippen molar-refractivity contribution in [3.63, 3.8) is 0 Å². The van der Waals surface area contributed by atoms with Crippen LogP contribution in [0.2, 0.25) is 0 Å². The van der Waals surface area contributed by atoms with Gasteiger partial charge in [0.15, 0.2) is 5.37 Å². The number of ether oxygens (including phenoxy) is 1. The highest BCUT2D eigenvalue weighted by Crippen LogP contribution is 2.33. The monoisotopic (exact) mass is 342 g/mol. The van der Waals surface area contributed by atoms with E-state index in [9.17, 15) is 9.59 Å². The third-order valence-corrected chi connectivity index (χ3v) is 4.92. The van der Waals surface area contributed by atoms with Crippen molar-refractivity contribution in [2.45, 2.75) is 19.2 Å². The van der Waals surface area contributed by atoms with Crippen molar-refractivity contribution in [2.24, 2.45) is 0 Å². The average molecular weight is 342 g/mol. The number of hydrogen-bond donors (Lipinski definition) is 1. The molecule has 0 unspecified atom stereocenters. The van der Waals surface area contributed by atoms with Crippen LogP contribution >= 0.6 is 11.8 Å². The molecule has 2 aromatic carbocycles. The number of rotatable bonds is 4. The smallest absolute Gasteiger partial charge is 0.295 e. The molecule has 1 fully saturated rings. The summed E-state index contributed by atoms with van der Waals surface area (Å²) in [5.74, 6) is 0.475. The Morgan fingerprint density at radius 2 is 1.75 bits per heavy atom. The molecule has 124 valence electrons. The second-order valence-corrected chi connectivity index (χ2v) is 6.64. The Labute approximate surface area is 145 Å². The second-order valence-electron chi connectivity index (χ2n) is 5.58. The summed E-state index contributed by atoms with van der Waals surface area (Å²) >= 11 is 0.987. The number of methoxy groups -OCH3 is 1. The van der Waals surface area contributed by atoms with E-state index < -0.39 is 5.37 Å². The van der Waals surface area contributed by atoms with E-state index in [-0.39, 0.29) is 11.1 Å². The van der Waals surface area contributed by atoms with Gasteiger partial charge in [-0.15, -0.1) is 0 Å². The molecule has 6 heteroatoms. The summed E-state index contributed by atoms with van der Waals surface area (Å²) in [6.45, 7) is 3.96. The highest BCUT2D eigenvalue weighted by molar-refractivity contribution is 8.16. The number of thioether (sulfide) groups is 1. The van der Waals surface area contributed by atoms with Gasteiger partial charge in [-0.2, -0.15) is 0 Å². The van der Waals surface area contributed by atoms with Gasteiger partial charge in [0, 0.05) is 5.69 Å². The number of carbonyl (C=O) groups excluding carboxylic acids is 2. The number of imide groups is 1. The lowest BCUT2D eigenvalue weighted by Gasteiger charge is -2.16. The lowest BCUT2D eigenvalue weighted by molar-refractivity contribution is -0.116. The van der Waals surface area contributed by atoms with Gasteiger partial charge in [0.1, 0.15) is 5.75 Å². The normalized spacial score (nSPS) is 17.3. The summed E-state index contributed by atoms with van der Waals surface area (Å²) in [4.78, 5) is 26.2. The molecular formula is C18H18N2O3S. The first kappa shape index (κ1) is 16.4. The Morgan fingerprint density at radius 1 is 1.04 bits per heavy atom. The first-order valence-corrected chi connectivity index (χ1v) is 8.40. The summed E-state index contributed by atoms with van der Waals surface area (Å²) in [6, 6.07) is 12.8. The maximum Gasteiger partial charge on any atom is 0.295 e. The van der Waals surface area contributed by atoms with Crippen LogP contribution in [0.1, 0.15) is 11.1 Å². The number of hydrogen-bond acceptors (Lipinski definition) is 5. The van der Waals surface area contributed by atoms with E-state index in [0.717, 1.165) is 34.3 Å². The first-order valence-electron chi connectivity index (χ1n) is 7.52. The molecule has 0 aromatic heterocycles. The van der Waals surface area contributed by atoms with Crippen LogP contribution in [0, 0.1) is 13.8 Å². The third-order valence-electron chi connectivity index (χ3n) is 3.98. The van der Waals surface area contributed by atoms with Crippen molar-refractivity contribution in [1.29, 1.82) is 0 Å². The van der Waals surface area contributed by atoms with Gasteiger partial charge in [0.05, 0.1) is 12.8 Å². The fourth-order valence-electron chi connectivity index (χ4n) is 2.44. The number of nitrogens with one attached hydrogen (secondary N) is 1. The Morgan fingerprint density at radius 3 is 2.38 bits per heavy atom. The zero-order chi connectivity index (χ0) is 17.3. The molecule has 1 aliphatic rings. The van der Waals surface area contributed by atoms with Crippen LogP contribution in [0.15, 0.2) is 42.5 Å². The minimum absolute atomic E-state index is 0.260. The van der Waals surface area contributed by atoms with Crippen LogP contribution in [-0.2, 0) is 4.79 Å². The predicted molar refractivity (Wildman–Crippen MR) is 96.8 cm³/mol. The van der Waals surface area contributed by atoms with E-state index in [0.29, 0.717) is 5.69 Å². The lowest BCUT2D eigenvalue weighted by atomic mass is 10.1. The standard InChI is InChI=1S/C18H18N2O3S/c1-11-4-7-14(10-12(11)2)20-17(21)16(24-18(20)22)19-13-5-8-15(23-3)9-6-13/h4-10,16,19H,1-3H3/t16-/m0/s1. The number of anilines is 2. The SMILES string of the molecule is COc1ccc(N[C@H]2SC(=O)N(c3ccc(C)c(C)c3)C2=O)cc1. The number of benzene rings is 2. The topological polar surface area (TPSA) is 58.6 Å². The van der Waals surface area contributed by atoms with E-state index in [1.807, 2.05) is 38.1 Å². The van der Waals surface area contributed by atoms with Gasteiger partial charge >= 0.3 is 0 Å². The van der Waals surface area contributed by atoms with Crippen molar-refractivity contribution in [1.82, 2.24) is 0 Å². The van der Waals surface area contributed by atoms with E-state index in [1.165, 1.54) is 4.90 Å². The summed E-state index contributed by atoms with van der Waals surface area (Å²) in [6.07, 6.45) is 0. The van der Waals surface area contributed by atoms with Gasteiger partial charge < -0.3 is 10.1 Å². The predicted octanol–water partition coefficient (Wildman–Crippen LogP) is 3.95. The molecular weight excluding hydrogens is 324 g/mol. The molecule has 2 amide bonds. The Hall–Kier alpha value is -2.47. The molecule has 3 rings (SSSR count). The van der Waals surface area contributed by atoms with Crippen molar-refractivity contribution in [2.75, 3.05) is 17.3 Å². The van der Waals surface area contributed by atoms with Crippen molar-refractivity contribution in [3.8, 4) is 5.75 Å². The van der Waals surface area contributed by atoms with Crippen molar-refractivity contribution >= 4 is 34.3 Å². The van der Waals surface area contributed by atoms with Gasteiger partial charge in [-0.3, -0.25) is 9.59 Å². The minimum atomic E-state index is -0.632. The minimum Gasteiger partial charge on any atom is -0.497 e. The number of nitrogens with zero attached hydrogens (tertiary/aromatic N) is 1. The van der Waals surface area contributed by atoms with Crippen LogP contribution in [0.3, 0.4) is 0 Å². The lowest BCUT2D eigenvalue weighted by Crippen LogP contribution is -2.34. The largest absolute Gasteiger partial charge is 0.497 e. The Kier molecular flexibility index (Phi) is 4.49. The van der Waals surface area contributed by atoms with Gasteiger partial charge in [-0.1, -0.05) is 6.07 Å². The first-order chi connectivity index (χ1) is 11.5. The summed E-state index contributed by atoms with van der Waals surface area (Å²) < 4.78 is 5.11. The molecule has 24 heavy (non-hydrogen) atoms. The number of amides is 2. The zero-order valence-electron chi connectivity index (χ0n) is 13.7. The summed E-state index contributed by atoms with van der Waals surface area (Å²) in [5.41, 5.74) is 3.54. The van der Waals surface area contributed by atoms with Crippen LogP contribution in [0.25, 0.3) is 0 Å². The average Bonchev–Trinajstić information content (AvgIpc) is 2.85. The molecule has 1 saturated heterocycles. The van der Waals surface area contributed by atoms with Crippen LogP contribution < -0.4 is 15.0 Å². The number of carbonyl (C=O) groups is 2. The quantitative estimate of drug-likeness (QED) is 0.912. The molecule has 0 bridgehead atoms. The molecule has 1 aliphatic heterocycles. The van der Waals surface area contributed by atoms with E-state index in [2.05, 4.69) is 5.32 Å². The van der Waals surface area contributed by atoms with Crippen LogP contribution in [0.5, 0.6) is 5.75 Å². The maximum absolute atomic E-state index is 12.6.